The van der Waals surface area contributed by atoms with Gasteiger partial charge >= 0.3 is 0 Å². The van der Waals surface area contributed by atoms with Crippen LogP contribution in [-0.2, 0) is 4.79 Å². The number of nitrogens with zero attached hydrogens (tertiary/aromatic N) is 1. The van der Waals surface area contributed by atoms with Gasteiger partial charge in [-0.1, -0.05) is 6.07 Å². The molecule has 0 aromatic heterocycles. The zero-order valence-electron chi connectivity index (χ0n) is 15.2. The molecule has 27 heavy (non-hydrogen) atoms. The molecule has 0 atom stereocenters. The molecular formula is C19H20F2N2O4. The van der Waals surface area contributed by atoms with Crippen molar-refractivity contribution in [2.45, 2.75) is 6.92 Å². The van der Waals surface area contributed by atoms with Gasteiger partial charge in [-0.15, -0.1) is 0 Å². The Labute approximate surface area is 155 Å². The second-order valence-electron chi connectivity index (χ2n) is 5.56. The molecule has 0 heterocycles. The summed E-state index contributed by atoms with van der Waals surface area (Å²) < 4.78 is 36.9. The number of carbonyl (C=O) groups is 2. The first-order chi connectivity index (χ1) is 12.9. The summed E-state index contributed by atoms with van der Waals surface area (Å²) in [7, 11) is 2.87. The van der Waals surface area contributed by atoms with Crippen molar-refractivity contribution in [3.8, 4) is 11.5 Å². The highest BCUT2D eigenvalue weighted by molar-refractivity contribution is 6.00. The van der Waals surface area contributed by atoms with Gasteiger partial charge in [0.15, 0.2) is 11.6 Å². The average Bonchev–Trinajstić information content (AvgIpc) is 2.66. The Morgan fingerprint density at radius 2 is 1.67 bits per heavy atom. The van der Waals surface area contributed by atoms with Crippen molar-refractivity contribution in [2.24, 2.45) is 0 Å². The molecule has 8 heteroatoms. The fourth-order valence-corrected chi connectivity index (χ4v) is 2.57. The van der Waals surface area contributed by atoms with Gasteiger partial charge in [-0.25, -0.2) is 8.78 Å². The van der Waals surface area contributed by atoms with Crippen molar-refractivity contribution >= 4 is 17.5 Å². The van der Waals surface area contributed by atoms with Crippen LogP contribution in [0.25, 0.3) is 0 Å². The fraction of sp³-hybridized carbons (Fsp3) is 0.263. The Morgan fingerprint density at radius 1 is 1.04 bits per heavy atom. The first-order valence-corrected chi connectivity index (χ1v) is 8.11. The third-order valence-corrected chi connectivity index (χ3v) is 3.87. The van der Waals surface area contributed by atoms with Crippen molar-refractivity contribution in [3.63, 3.8) is 0 Å². The van der Waals surface area contributed by atoms with Gasteiger partial charge in [-0.2, -0.15) is 0 Å². The van der Waals surface area contributed by atoms with E-state index in [4.69, 9.17) is 9.47 Å². The quantitative estimate of drug-likeness (QED) is 0.805. The molecule has 0 aliphatic heterocycles. The summed E-state index contributed by atoms with van der Waals surface area (Å²) in [6, 6.07) is 8.11. The van der Waals surface area contributed by atoms with Crippen LogP contribution < -0.4 is 19.7 Å². The van der Waals surface area contributed by atoms with E-state index < -0.39 is 17.5 Å². The number of nitrogens with one attached hydrogen (secondary N) is 1. The van der Waals surface area contributed by atoms with Crippen molar-refractivity contribution in [1.82, 2.24) is 5.32 Å². The average molecular weight is 378 g/mol. The number of rotatable bonds is 7. The van der Waals surface area contributed by atoms with Crippen LogP contribution in [0.1, 0.15) is 17.3 Å². The Hall–Kier alpha value is -3.16. The molecule has 0 unspecified atom stereocenters. The zero-order chi connectivity index (χ0) is 20.0. The molecule has 0 spiro atoms. The van der Waals surface area contributed by atoms with Crippen LogP contribution in [0.4, 0.5) is 14.5 Å². The summed E-state index contributed by atoms with van der Waals surface area (Å²) in [6.07, 6.45) is 0. The van der Waals surface area contributed by atoms with Crippen LogP contribution in [0.15, 0.2) is 36.4 Å². The maximum absolute atomic E-state index is 13.4. The first-order valence-electron chi connectivity index (χ1n) is 8.11. The Balaban J connectivity index is 2.10. The van der Waals surface area contributed by atoms with Crippen LogP contribution in [0.3, 0.4) is 0 Å². The Bertz CT molecular complexity index is 820. The first kappa shape index (κ1) is 20.2. The van der Waals surface area contributed by atoms with E-state index in [-0.39, 0.29) is 30.2 Å². The number of amides is 2. The van der Waals surface area contributed by atoms with Crippen molar-refractivity contribution in [3.05, 3.63) is 53.6 Å². The lowest BCUT2D eigenvalue weighted by Gasteiger charge is -2.22. The standard InChI is InChI=1S/C19H20F2N2O4/c1-12(24)23(13-7-8-14(20)15(21)11-13)10-9-22-19(25)18-16(26-2)5-4-6-17(18)27-3/h4-8,11H,9-10H2,1-3H3,(H,22,25). The van der Waals surface area contributed by atoms with E-state index >= 15 is 0 Å². The summed E-state index contributed by atoms with van der Waals surface area (Å²) in [5.74, 6) is -2.18. The SMILES string of the molecule is COc1cccc(OC)c1C(=O)NCCN(C(C)=O)c1ccc(F)c(F)c1. The van der Waals surface area contributed by atoms with Crippen molar-refractivity contribution in [2.75, 3.05) is 32.2 Å². The monoisotopic (exact) mass is 378 g/mol. The predicted octanol–water partition coefficient (Wildman–Crippen LogP) is 2.76. The number of anilines is 1. The molecule has 0 saturated carbocycles. The number of ether oxygens (including phenoxy) is 2. The molecule has 0 fully saturated rings. The number of hydrogen-bond acceptors (Lipinski definition) is 4. The number of halogens is 2. The van der Waals surface area contributed by atoms with E-state index in [0.29, 0.717) is 11.5 Å². The van der Waals surface area contributed by atoms with Crippen LogP contribution in [0.2, 0.25) is 0 Å². The van der Waals surface area contributed by atoms with E-state index in [9.17, 15) is 18.4 Å². The summed E-state index contributed by atoms with van der Waals surface area (Å²) in [6.45, 7) is 1.45. The molecule has 144 valence electrons. The Kier molecular flexibility index (Phi) is 6.70. The van der Waals surface area contributed by atoms with Gasteiger partial charge in [0.25, 0.3) is 5.91 Å². The highest BCUT2D eigenvalue weighted by atomic mass is 19.2. The second kappa shape index (κ2) is 8.98. The summed E-state index contributed by atoms with van der Waals surface area (Å²) in [5.41, 5.74) is 0.426. The fourth-order valence-electron chi connectivity index (χ4n) is 2.57. The molecule has 0 saturated heterocycles. The third-order valence-electron chi connectivity index (χ3n) is 3.87. The summed E-state index contributed by atoms with van der Waals surface area (Å²) in [4.78, 5) is 25.6. The van der Waals surface area contributed by atoms with Gasteiger partial charge in [-0.3, -0.25) is 9.59 Å². The molecule has 2 amide bonds. The van der Waals surface area contributed by atoms with Gasteiger partial charge in [-0.05, 0) is 24.3 Å². The van der Waals surface area contributed by atoms with Crippen LogP contribution >= 0.6 is 0 Å². The van der Waals surface area contributed by atoms with Gasteiger partial charge in [0, 0.05) is 31.8 Å². The van der Waals surface area contributed by atoms with E-state index in [1.807, 2.05) is 0 Å². The highest BCUT2D eigenvalue weighted by Gasteiger charge is 2.19. The van der Waals surface area contributed by atoms with Crippen molar-refractivity contribution < 1.29 is 27.8 Å². The number of hydrogen-bond donors (Lipinski definition) is 1. The smallest absolute Gasteiger partial charge is 0.258 e. The summed E-state index contributed by atoms with van der Waals surface area (Å²) >= 11 is 0. The molecule has 0 radical (unpaired) electrons. The lowest BCUT2D eigenvalue weighted by atomic mass is 10.1. The van der Waals surface area contributed by atoms with Gasteiger partial charge < -0.3 is 19.7 Å². The highest BCUT2D eigenvalue weighted by Crippen LogP contribution is 2.28. The number of carbonyl (C=O) groups excluding carboxylic acids is 2. The number of methoxy groups -OCH3 is 2. The molecule has 2 rings (SSSR count). The van der Waals surface area contributed by atoms with Gasteiger partial charge in [0.05, 0.1) is 14.2 Å². The van der Waals surface area contributed by atoms with Crippen LogP contribution in [0.5, 0.6) is 11.5 Å². The minimum absolute atomic E-state index is 0.0730. The molecular weight excluding hydrogens is 358 g/mol. The molecule has 0 aliphatic rings. The normalized spacial score (nSPS) is 10.3. The minimum Gasteiger partial charge on any atom is -0.496 e. The van der Waals surface area contributed by atoms with E-state index in [0.717, 1.165) is 12.1 Å². The summed E-state index contributed by atoms with van der Waals surface area (Å²) in [5, 5.41) is 2.67. The third kappa shape index (κ3) is 4.72. The molecule has 6 nitrogen and oxygen atoms in total. The lowest BCUT2D eigenvalue weighted by molar-refractivity contribution is -0.116. The minimum atomic E-state index is -1.05. The Morgan fingerprint density at radius 3 is 2.19 bits per heavy atom. The topological polar surface area (TPSA) is 67.9 Å². The molecule has 2 aromatic carbocycles. The molecule has 2 aromatic rings. The van der Waals surface area contributed by atoms with E-state index in [1.165, 1.54) is 32.1 Å². The van der Waals surface area contributed by atoms with E-state index in [1.54, 1.807) is 18.2 Å². The predicted molar refractivity (Wildman–Crippen MR) is 96.3 cm³/mol. The molecule has 0 aliphatic carbocycles. The maximum Gasteiger partial charge on any atom is 0.258 e. The van der Waals surface area contributed by atoms with Crippen LogP contribution in [-0.4, -0.2) is 39.1 Å². The maximum atomic E-state index is 13.4. The van der Waals surface area contributed by atoms with Gasteiger partial charge in [0.2, 0.25) is 5.91 Å². The molecule has 1 N–H and O–H groups in total. The zero-order valence-corrected chi connectivity index (χ0v) is 15.2. The van der Waals surface area contributed by atoms with Crippen molar-refractivity contribution in [1.29, 1.82) is 0 Å². The van der Waals surface area contributed by atoms with Crippen LogP contribution in [0, 0.1) is 11.6 Å². The van der Waals surface area contributed by atoms with Gasteiger partial charge in [0.1, 0.15) is 17.1 Å². The lowest BCUT2D eigenvalue weighted by Crippen LogP contribution is -2.37. The molecule has 0 bridgehead atoms. The van der Waals surface area contributed by atoms with E-state index in [2.05, 4.69) is 5.32 Å². The second-order valence-corrected chi connectivity index (χ2v) is 5.56. The largest absolute Gasteiger partial charge is 0.496 e. The number of benzene rings is 2.